The third-order valence-corrected chi connectivity index (χ3v) is 9.45. The number of benzene rings is 8. The molecule has 204 valence electrons. The van der Waals surface area contributed by atoms with Crippen molar-refractivity contribution >= 4 is 75.9 Å². The van der Waals surface area contributed by atoms with Gasteiger partial charge in [0.15, 0.2) is 0 Å². The van der Waals surface area contributed by atoms with E-state index in [1.807, 2.05) is 0 Å². The van der Waals surface area contributed by atoms with Crippen molar-refractivity contribution in [3.05, 3.63) is 158 Å². The van der Waals surface area contributed by atoms with Crippen molar-refractivity contribution in [3.63, 3.8) is 0 Å². The summed E-state index contributed by atoms with van der Waals surface area (Å²) in [5.41, 5.74) is 7.31. The van der Waals surface area contributed by atoms with E-state index in [2.05, 4.69) is 167 Å². The summed E-state index contributed by atoms with van der Waals surface area (Å²) in [6.07, 6.45) is 0. The summed E-state index contributed by atoms with van der Waals surface area (Å²) in [6, 6.07) is 57.7. The molecule has 44 heavy (non-hydrogen) atoms. The van der Waals surface area contributed by atoms with E-state index < -0.39 is 0 Å². The second-order valence-electron chi connectivity index (χ2n) is 11.7. The van der Waals surface area contributed by atoms with Gasteiger partial charge >= 0.3 is 0 Å². The Hall–Kier alpha value is -5.86. The molecule has 0 aliphatic heterocycles. The summed E-state index contributed by atoms with van der Waals surface area (Å²) in [5.74, 6) is 0. The van der Waals surface area contributed by atoms with Gasteiger partial charge in [0.05, 0.1) is 27.8 Å². The topological polar surface area (TPSA) is 9.86 Å². The van der Waals surface area contributed by atoms with Crippen LogP contribution in [0.4, 0.5) is 0 Å². The lowest BCUT2D eigenvalue weighted by Crippen LogP contribution is -1.97. The Balaban J connectivity index is 1.50. The van der Waals surface area contributed by atoms with Gasteiger partial charge in [0.1, 0.15) is 0 Å². The molecule has 0 aliphatic carbocycles. The zero-order chi connectivity index (χ0) is 28.8. The van der Waals surface area contributed by atoms with Crippen molar-refractivity contribution in [1.82, 2.24) is 9.13 Å². The molecule has 0 fully saturated rings. The van der Waals surface area contributed by atoms with E-state index >= 15 is 0 Å². The fraction of sp³-hybridized carbons (Fsp3) is 0. The molecule has 10 rings (SSSR count). The van der Waals surface area contributed by atoms with Crippen LogP contribution in [0.25, 0.3) is 87.3 Å². The van der Waals surface area contributed by atoms with Crippen LogP contribution >= 0.6 is 0 Å². The summed E-state index contributed by atoms with van der Waals surface area (Å²) in [5, 5.41) is 12.6. The first-order valence-electron chi connectivity index (χ1n) is 15.2. The predicted molar refractivity (Wildman–Crippen MR) is 188 cm³/mol. The molecular formula is C42H26N2. The quantitative estimate of drug-likeness (QED) is 0.187. The van der Waals surface area contributed by atoms with E-state index in [0.717, 1.165) is 0 Å². The Labute approximate surface area is 253 Å². The molecule has 0 spiro atoms. The van der Waals surface area contributed by atoms with Gasteiger partial charge < -0.3 is 9.13 Å². The average Bonchev–Trinajstić information content (AvgIpc) is 3.61. The lowest BCUT2D eigenvalue weighted by Gasteiger charge is -2.15. The van der Waals surface area contributed by atoms with Gasteiger partial charge in [-0.25, -0.2) is 0 Å². The number of aromatic nitrogens is 2. The van der Waals surface area contributed by atoms with Gasteiger partial charge in [-0.15, -0.1) is 0 Å². The van der Waals surface area contributed by atoms with Gasteiger partial charge in [0.2, 0.25) is 0 Å². The first-order chi connectivity index (χ1) is 21.9. The van der Waals surface area contributed by atoms with Crippen LogP contribution in [-0.4, -0.2) is 9.13 Å². The lowest BCUT2D eigenvalue weighted by molar-refractivity contribution is 1.18. The summed E-state index contributed by atoms with van der Waals surface area (Å²) >= 11 is 0. The van der Waals surface area contributed by atoms with Gasteiger partial charge in [-0.2, -0.15) is 0 Å². The molecule has 0 unspecified atom stereocenters. The maximum Gasteiger partial charge on any atom is 0.0641 e. The molecule has 0 bridgehead atoms. The Bertz CT molecular complexity index is 2760. The van der Waals surface area contributed by atoms with Crippen LogP contribution in [0.1, 0.15) is 0 Å². The van der Waals surface area contributed by atoms with Crippen LogP contribution in [0, 0.1) is 0 Å². The number of rotatable bonds is 2. The first-order valence-corrected chi connectivity index (χ1v) is 15.2. The van der Waals surface area contributed by atoms with Crippen LogP contribution in [0.5, 0.6) is 0 Å². The molecular weight excluding hydrogens is 532 g/mol. The standard InChI is InChI=1S/C42H26N2/c1-2-14-29(15-3-1)43-37-21-11-10-20-34(37)35-24-25-38-40(42(35)43)36-23-22-27-12-4-7-17-31(27)41(36)44(38)39-26-28-13-5-6-16-30(28)32-18-8-9-19-33(32)39/h1-26H. The normalized spacial score (nSPS) is 12.1. The van der Waals surface area contributed by atoms with Crippen molar-refractivity contribution in [2.45, 2.75) is 0 Å². The van der Waals surface area contributed by atoms with Crippen molar-refractivity contribution in [3.8, 4) is 11.4 Å². The molecule has 0 aliphatic rings. The van der Waals surface area contributed by atoms with Crippen molar-refractivity contribution < 1.29 is 0 Å². The van der Waals surface area contributed by atoms with Gasteiger partial charge in [-0.3, -0.25) is 0 Å². The fourth-order valence-corrected chi connectivity index (χ4v) is 7.63. The first kappa shape index (κ1) is 23.7. The number of para-hydroxylation sites is 2. The second-order valence-corrected chi connectivity index (χ2v) is 11.7. The minimum absolute atomic E-state index is 1.17. The van der Waals surface area contributed by atoms with Crippen molar-refractivity contribution in [1.29, 1.82) is 0 Å². The zero-order valence-corrected chi connectivity index (χ0v) is 23.9. The second kappa shape index (κ2) is 8.82. The molecule has 2 heterocycles. The minimum Gasteiger partial charge on any atom is -0.309 e. The smallest absolute Gasteiger partial charge is 0.0641 e. The molecule has 0 radical (unpaired) electrons. The highest BCUT2D eigenvalue weighted by Gasteiger charge is 2.23. The van der Waals surface area contributed by atoms with E-state index in [1.165, 1.54) is 87.3 Å². The Morgan fingerprint density at radius 1 is 0.318 bits per heavy atom. The summed E-state index contributed by atoms with van der Waals surface area (Å²) in [4.78, 5) is 0. The van der Waals surface area contributed by atoms with Gasteiger partial charge in [-0.1, -0.05) is 127 Å². The molecule has 8 aromatic carbocycles. The van der Waals surface area contributed by atoms with Gasteiger partial charge in [-0.05, 0) is 51.9 Å². The molecule has 2 heteroatoms. The third-order valence-electron chi connectivity index (χ3n) is 9.45. The van der Waals surface area contributed by atoms with E-state index in [1.54, 1.807) is 0 Å². The number of nitrogens with zero attached hydrogens (tertiary/aromatic N) is 2. The molecule has 0 saturated carbocycles. The Morgan fingerprint density at radius 3 is 1.80 bits per heavy atom. The molecule has 0 saturated heterocycles. The highest BCUT2D eigenvalue weighted by molar-refractivity contribution is 6.29. The minimum atomic E-state index is 1.17. The Kier molecular flexibility index (Phi) is 4.75. The highest BCUT2D eigenvalue weighted by atomic mass is 15.0. The molecule has 0 amide bonds. The summed E-state index contributed by atoms with van der Waals surface area (Å²) in [6.45, 7) is 0. The van der Waals surface area contributed by atoms with Crippen molar-refractivity contribution in [2.24, 2.45) is 0 Å². The van der Waals surface area contributed by atoms with E-state index in [0.29, 0.717) is 0 Å². The summed E-state index contributed by atoms with van der Waals surface area (Å²) < 4.78 is 5.00. The Morgan fingerprint density at radius 2 is 0.955 bits per heavy atom. The number of hydrogen-bond acceptors (Lipinski definition) is 0. The molecule has 0 N–H and O–H groups in total. The molecule has 2 nitrogen and oxygen atoms in total. The monoisotopic (exact) mass is 558 g/mol. The fourth-order valence-electron chi connectivity index (χ4n) is 7.63. The zero-order valence-electron chi connectivity index (χ0n) is 23.9. The van der Waals surface area contributed by atoms with Crippen LogP contribution in [0.2, 0.25) is 0 Å². The summed E-state index contributed by atoms with van der Waals surface area (Å²) in [7, 11) is 0. The van der Waals surface area contributed by atoms with Crippen LogP contribution in [0.3, 0.4) is 0 Å². The highest BCUT2D eigenvalue weighted by Crippen LogP contribution is 2.45. The molecule has 0 atom stereocenters. The number of fused-ring (bicyclic) bond motifs is 12. The van der Waals surface area contributed by atoms with E-state index in [-0.39, 0.29) is 0 Å². The van der Waals surface area contributed by atoms with Crippen LogP contribution in [0.15, 0.2) is 158 Å². The number of hydrogen-bond donors (Lipinski definition) is 0. The average molecular weight is 559 g/mol. The van der Waals surface area contributed by atoms with Gasteiger partial charge in [0, 0.05) is 38.0 Å². The third kappa shape index (κ3) is 3.09. The van der Waals surface area contributed by atoms with Crippen LogP contribution in [-0.2, 0) is 0 Å². The molecule has 10 aromatic rings. The maximum absolute atomic E-state index is 2.54. The van der Waals surface area contributed by atoms with E-state index in [9.17, 15) is 0 Å². The van der Waals surface area contributed by atoms with Gasteiger partial charge in [0.25, 0.3) is 0 Å². The lowest BCUT2D eigenvalue weighted by atomic mass is 10.00. The predicted octanol–water partition coefficient (Wildman–Crippen LogP) is 11.3. The molecule has 2 aromatic heterocycles. The van der Waals surface area contributed by atoms with E-state index in [4.69, 9.17) is 0 Å². The van der Waals surface area contributed by atoms with Crippen molar-refractivity contribution in [2.75, 3.05) is 0 Å². The largest absolute Gasteiger partial charge is 0.309 e. The SMILES string of the molecule is c1ccc(-n2c3ccccc3c3ccc4c(c5ccc6ccccc6c5n4-c4cc5ccccc5c5ccccc45)c32)cc1. The maximum atomic E-state index is 2.54. The van der Waals surface area contributed by atoms with Crippen LogP contribution < -0.4 is 0 Å².